The topological polar surface area (TPSA) is 58.1 Å². The molecule has 0 aliphatic heterocycles. The number of carbonyl (C=O) groups is 1. The van der Waals surface area contributed by atoms with Crippen LogP contribution in [-0.2, 0) is 0 Å². The van der Waals surface area contributed by atoms with Crippen molar-refractivity contribution >= 4 is 28.9 Å². The van der Waals surface area contributed by atoms with Gasteiger partial charge >= 0.3 is 0 Å². The highest BCUT2D eigenvalue weighted by Crippen LogP contribution is 2.20. The van der Waals surface area contributed by atoms with E-state index in [9.17, 15) is 4.79 Å². The van der Waals surface area contributed by atoms with Crippen LogP contribution < -0.4 is 16.2 Å². The van der Waals surface area contributed by atoms with E-state index in [-0.39, 0.29) is 5.91 Å². The molecule has 144 valence electrons. The molecule has 0 bridgehead atoms. The van der Waals surface area contributed by atoms with Gasteiger partial charge in [-0.05, 0) is 75.3 Å². The first kappa shape index (κ1) is 19.6. The SMILES string of the molecule is Cc1ccc(C)c(NC(=S)NNC(=O)c2cc(C)n(-c3ccccc3)c2C)c1. The molecule has 0 saturated carbocycles. The predicted molar refractivity (Wildman–Crippen MR) is 118 cm³/mol. The molecule has 3 aromatic rings. The fourth-order valence-corrected chi connectivity index (χ4v) is 3.33. The summed E-state index contributed by atoms with van der Waals surface area (Å²) in [6.07, 6.45) is 0. The second kappa shape index (κ2) is 8.27. The Labute approximate surface area is 170 Å². The van der Waals surface area contributed by atoms with Gasteiger partial charge < -0.3 is 9.88 Å². The maximum absolute atomic E-state index is 12.7. The van der Waals surface area contributed by atoms with Crippen molar-refractivity contribution in [2.75, 3.05) is 5.32 Å². The van der Waals surface area contributed by atoms with Gasteiger partial charge in [-0.1, -0.05) is 30.3 Å². The summed E-state index contributed by atoms with van der Waals surface area (Å²) in [6.45, 7) is 7.94. The van der Waals surface area contributed by atoms with Crippen LogP contribution in [0.3, 0.4) is 0 Å². The Balaban J connectivity index is 1.69. The molecule has 28 heavy (non-hydrogen) atoms. The summed E-state index contributed by atoms with van der Waals surface area (Å²) in [5, 5.41) is 3.45. The predicted octanol–water partition coefficient (Wildman–Crippen LogP) is 4.34. The molecule has 0 aliphatic rings. The van der Waals surface area contributed by atoms with Gasteiger partial charge in [0.15, 0.2) is 5.11 Å². The van der Waals surface area contributed by atoms with Crippen LogP contribution in [0.1, 0.15) is 32.9 Å². The minimum atomic E-state index is -0.236. The molecule has 5 nitrogen and oxygen atoms in total. The molecule has 0 unspecified atom stereocenters. The van der Waals surface area contributed by atoms with Gasteiger partial charge in [0, 0.05) is 22.8 Å². The highest BCUT2D eigenvalue weighted by atomic mass is 32.1. The highest BCUT2D eigenvalue weighted by Gasteiger charge is 2.16. The average Bonchev–Trinajstić information content (AvgIpc) is 2.97. The van der Waals surface area contributed by atoms with E-state index in [1.807, 2.05) is 82.3 Å². The molecule has 1 aromatic heterocycles. The van der Waals surface area contributed by atoms with E-state index in [0.29, 0.717) is 10.7 Å². The number of anilines is 1. The summed E-state index contributed by atoms with van der Waals surface area (Å²) in [4.78, 5) is 12.7. The number of rotatable bonds is 3. The standard InChI is InChI=1S/C22H24N4OS/c1-14-10-11-15(2)20(12-14)23-22(28)25-24-21(27)19-13-16(3)26(17(19)4)18-8-6-5-7-9-18/h5-13H,1-4H3,(H,24,27)(H2,23,25,28). The van der Waals surface area contributed by atoms with Gasteiger partial charge in [0.05, 0.1) is 5.56 Å². The van der Waals surface area contributed by atoms with Crippen LogP contribution in [0.5, 0.6) is 0 Å². The van der Waals surface area contributed by atoms with Crippen LogP contribution in [0.25, 0.3) is 5.69 Å². The van der Waals surface area contributed by atoms with Gasteiger partial charge in [0.25, 0.3) is 5.91 Å². The number of para-hydroxylation sites is 1. The third-order valence-electron chi connectivity index (χ3n) is 4.62. The Bertz CT molecular complexity index is 1020. The lowest BCUT2D eigenvalue weighted by atomic mass is 10.1. The Kier molecular flexibility index (Phi) is 5.80. The summed E-state index contributed by atoms with van der Waals surface area (Å²) < 4.78 is 2.06. The number of benzene rings is 2. The minimum absolute atomic E-state index is 0.236. The molecular formula is C22H24N4OS. The fourth-order valence-electron chi connectivity index (χ4n) is 3.17. The Hall–Kier alpha value is -3.12. The molecule has 0 saturated heterocycles. The Morgan fingerprint density at radius 2 is 1.64 bits per heavy atom. The van der Waals surface area contributed by atoms with Crippen molar-refractivity contribution in [1.29, 1.82) is 0 Å². The number of hydrogen-bond donors (Lipinski definition) is 3. The number of nitrogens with one attached hydrogen (secondary N) is 3. The number of hydrazine groups is 1. The fraction of sp³-hybridized carbons (Fsp3) is 0.182. The first-order chi connectivity index (χ1) is 13.4. The lowest BCUT2D eigenvalue weighted by molar-refractivity contribution is 0.0943. The summed E-state index contributed by atoms with van der Waals surface area (Å²) in [7, 11) is 0. The zero-order chi connectivity index (χ0) is 20.3. The van der Waals surface area contributed by atoms with Crippen LogP contribution in [-0.4, -0.2) is 15.6 Å². The van der Waals surface area contributed by atoms with E-state index in [1.54, 1.807) is 0 Å². The van der Waals surface area contributed by atoms with Crippen LogP contribution in [0, 0.1) is 27.7 Å². The van der Waals surface area contributed by atoms with E-state index in [2.05, 4.69) is 20.7 Å². The Morgan fingerprint density at radius 3 is 2.36 bits per heavy atom. The van der Waals surface area contributed by atoms with E-state index >= 15 is 0 Å². The number of amides is 1. The van der Waals surface area contributed by atoms with Crippen molar-refractivity contribution < 1.29 is 4.79 Å². The number of thiocarbonyl (C=S) groups is 1. The third-order valence-corrected chi connectivity index (χ3v) is 4.83. The zero-order valence-electron chi connectivity index (χ0n) is 16.5. The van der Waals surface area contributed by atoms with Gasteiger partial charge in [-0.2, -0.15) is 0 Å². The molecule has 0 fully saturated rings. The van der Waals surface area contributed by atoms with Crippen molar-refractivity contribution in [3.8, 4) is 5.69 Å². The van der Waals surface area contributed by atoms with Gasteiger partial charge in [-0.25, -0.2) is 0 Å². The smallest absolute Gasteiger partial charge is 0.271 e. The molecule has 0 atom stereocenters. The summed E-state index contributed by atoms with van der Waals surface area (Å²) >= 11 is 5.31. The molecule has 1 heterocycles. The second-order valence-electron chi connectivity index (χ2n) is 6.81. The number of aromatic nitrogens is 1. The summed E-state index contributed by atoms with van der Waals surface area (Å²) in [5.74, 6) is -0.236. The van der Waals surface area contributed by atoms with Gasteiger partial charge in [-0.15, -0.1) is 0 Å². The highest BCUT2D eigenvalue weighted by molar-refractivity contribution is 7.80. The van der Waals surface area contributed by atoms with Crippen molar-refractivity contribution in [2.45, 2.75) is 27.7 Å². The van der Waals surface area contributed by atoms with Crippen LogP contribution in [0.2, 0.25) is 0 Å². The molecule has 0 spiro atoms. The van der Waals surface area contributed by atoms with Gasteiger partial charge in [0.1, 0.15) is 0 Å². The minimum Gasteiger partial charge on any atom is -0.331 e. The van der Waals surface area contributed by atoms with Crippen molar-refractivity contribution in [3.05, 3.63) is 82.7 Å². The summed E-state index contributed by atoms with van der Waals surface area (Å²) in [6, 6.07) is 17.9. The quantitative estimate of drug-likeness (QED) is 0.458. The first-order valence-electron chi connectivity index (χ1n) is 9.06. The van der Waals surface area contributed by atoms with E-state index in [0.717, 1.165) is 33.9 Å². The molecule has 3 rings (SSSR count). The molecule has 0 aliphatic carbocycles. The van der Waals surface area contributed by atoms with Gasteiger partial charge in [0.2, 0.25) is 0 Å². The number of hydrogen-bond acceptors (Lipinski definition) is 2. The molecule has 2 aromatic carbocycles. The average molecular weight is 393 g/mol. The lowest BCUT2D eigenvalue weighted by Gasteiger charge is -2.14. The van der Waals surface area contributed by atoms with Crippen molar-refractivity contribution in [3.63, 3.8) is 0 Å². The molecule has 1 amide bonds. The molecule has 6 heteroatoms. The van der Waals surface area contributed by atoms with E-state index in [4.69, 9.17) is 12.2 Å². The molecule has 3 N–H and O–H groups in total. The molecule has 0 radical (unpaired) electrons. The van der Waals surface area contributed by atoms with E-state index < -0.39 is 0 Å². The second-order valence-corrected chi connectivity index (χ2v) is 7.22. The zero-order valence-corrected chi connectivity index (χ0v) is 17.3. The molecular weight excluding hydrogens is 368 g/mol. The largest absolute Gasteiger partial charge is 0.331 e. The summed E-state index contributed by atoms with van der Waals surface area (Å²) in [5.41, 5.74) is 12.1. The maximum atomic E-state index is 12.7. The van der Waals surface area contributed by atoms with Crippen LogP contribution in [0.15, 0.2) is 54.6 Å². The van der Waals surface area contributed by atoms with Gasteiger partial charge in [-0.3, -0.25) is 15.6 Å². The number of aryl methyl sites for hydroxylation is 3. The Morgan fingerprint density at radius 1 is 0.929 bits per heavy atom. The van der Waals surface area contributed by atoms with Crippen LogP contribution >= 0.6 is 12.2 Å². The maximum Gasteiger partial charge on any atom is 0.271 e. The number of nitrogens with zero attached hydrogens (tertiary/aromatic N) is 1. The normalized spacial score (nSPS) is 10.4. The van der Waals surface area contributed by atoms with E-state index in [1.165, 1.54) is 0 Å². The third kappa shape index (κ3) is 4.23. The lowest BCUT2D eigenvalue weighted by Crippen LogP contribution is -2.44. The van der Waals surface area contributed by atoms with Crippen molar-refractivity contribution in [2.24, 2.45) is 0 Å². The van der Waals surface area contributed by atoms with Crippen LogP contribution in [0.4, 0.5) is 5.69 Å². The first-order valence-corrected chi connectivity index (χ1v) is 9.46. The van der Waals surface area contributed by atoms with Crippen molar-refractivity contribution in [1.82, 2.24) is 15.4 Å². The number of carbonyl (C=O) groups excluding carboxylic acids is 1. The monoisotopic (exact) mass is 392 g/mol.